The molecule has 32 heavy (non-hydrogen) atoms. The summed E-state index contributed by atoms with van der Waals surface area (Å²) < 4.78 is 6.40. The third kappa shape index (κ3) is 2.50. The smallest absolute Gasteiger partial charge is 0.169 e. The van der Waals surface area contributed by atoms with Crippen LogP contribution in [0.4, 0.5) is 0 Å². The minimum atomic E-state index is -0.241. The van der Waals surface area contributed by atoms with E-state index in [1.165, 1.54) is 0 Å². The summed E-state index contributed by atoms with van der Waals surface area (Å²) in [4.78, 5) is 0. The maximum Gasteiger partial charge on any atom is 0.169 e. The summed E-state index contributed by atoms with van der Waals surface area (Å²) in [5.41, 5.74) is 3.34. The van der Waals surface area contributed by atoms with E-state index < -0.39 is 0 Å². The second-order valence-corrected chi connectivity index (χ2v) is 7.80. The minimum absolute atomic E-state index is 0.114. The van der Waals surface area contributed by atoms with Crippen molar-refractivity contribution in [2.45, 2.75) is 0 Å². The van der Waals surface area contributed by atoms with Crippen LogP contribution in [-0.4, -0.2) is 15.3 Å². The molecule has 0 spiro atoms. The van der Waals surface area contributed by atoms with Gasteiger partial charge in [-0.05, 0) is 28.6 Å². The van der Waals surface area contributed by atoms with Crippen molar-refractivity contribution in [2.24, 2.45) is 0 Å². The zero-order valence-electron chi connectivity index (χ0n) is 16.9. The molecule has 5 aromatic carbocycles. The average molecular weight is 418 g/mol. The zero-order chi connectivity index (χ0) is 21.8. The van der Waals surface area contributed by atoms with Gasteiger partial charge in [0.05, 0.1) is 10.9 Å². The monoisotopic (exact) mass is 418 g/mol. The van der Waals surface area contributed by atoms with Crippen LogP contribution in [-0.2, 0) is 0 Å². The SMILES string of the molecule is Oc1c(O)c(-c2ccccc2)c2c(oc3c2ccc2cccc(O)c23)c1-c1ccccc1. The summed E-state index contributed by atoms with van der Waals surface area (Å²) in [5, 5.41) is 35.8. The number of furan rings is 1. The lowest BCUT2D eigenvalue weighted by Gasteiger charge is -2.13. The number of hydrogen-bond acceptors (Lipinski definition) is 4. The van der Waals surface area contributed by atoms with Crippen molar-refractivity contribution in [3.63, 3.8) is 0 Å². The molecule has 0 radical (unpaired) electrons. The Morgan fingerprint density at radius 3 is 1.81 bits per heavy atom. The molecule has 0 aliphatic carbocycles. The molecule has 154 valence electrons. The molecule has 1 aromatic heterocycles. The van der Waals surface area contributed by atoms with E-state index in [0.717, 1.165) is 21.9 Å². The van der Waals surface area contributed by atoms with Gasteiger partial charge in [-0.2, -0.15) is 0 Å². The lowest BCUT2D eigenvalue weighted by molar-refractivity contribution is 0.407. The number of aromatic hydroxyl groups is 3. The Balaban J connectivity index is 1.89. The van der Waals surface area contributed by atoms with Gasteiger partial charge in [0.15, 0.2) is 11.5 Å². The third-order valence-electron chi connectivity index (χ3n) is 5.98. The van der Waals surface area contributed by atoms with Crippen LogP contribution in [0.1, 0.15) is 0 Å². The predicted molar refractivity (Wildman–Crippen MR) is 127 cm³/mol. The minimum Gasteiger partial charge on any atom is -0.507 e. The first-order chi connectivity index (χ1) is 15.6. The van der Waals surface area contributed by atoms with E-state index in [0.29, 0.717) is 33.1 Å². The topological polar surface area (TPSA) is 73.8 Å². The van der Waals surface area contributed by atoms with Crippen molar-refractivity contribution >= 4 is 32.7 Å². The lowest BCUT2D eigenvalue weighted by atomic mass is 9.92. The van der Waals surface area contributed by atoms with Crippen molar-refractivity contribution in [2.75, 3.05) is 0 Å². The van der Waals surface area contributed by atoms with Gasteiger partial charge in [0.25, 0.3) is 0 Å². The Labute approximate surface area is 183 Å². The van der Waals surface area contributed by atoms with Crippen LogP contribution >= 0.6 is 0 Å². The maximum atomic E-state index is 11.2. The second-order valence-electron chi connectivity index (χ2n) is 7.80. The molecule has 6 rings (SSSR count). The van der Waals surface area contributed by atoms with Crippen LogP contribution in [0.3, 0.4) is 0 Å². The van der Waals surface area contributed by atoms with E-state index in [1.807, 2.05) is 78.9 Å². The van der Waals surface area contributed by atoms with E-state index in [2.05, 4.69) is 0 Å². The van der Waals surface area contributed by atoms with Gasteiger partial charge >= 0.3 is 0 Å². The van der Waals surface area contributed by atoms with Gasteiger partial charge in [0.2, 0.25) is 0 Å². The highest BCUT2D eigenvalue weighted by molar-refractivity contribution is 6.24. The summed E-state index contributed by atoms with van der Waals surface area (Å²) >= 11 is 0. The highest BCUT2D eigenvalue weighted by Crippen LogP contribution is 2.53. The van der Waals surface area contributed by atoms with Crippen molar-refractivity contribution in [3.05, 3.63) is 91.0 Å². The van der Waals surface area contributed by atoms with E-state index in [-0.39, 0.29) is 17.2 Å². The fourth-order valence-electron chi connectivity index (χ4n) is 4.55. The van der Waals surface area contributed by atoms with Gasteiger partial charge in [-0.3, -0.25) is 0 Å². The molecule has 0 atom stereocenters. The highest BCUT2D eigenvalue weighted by Gasteiger charge is 2.26. The summed E-state index contributed by atoms with van der Waals surface area (Å²) in [6.45, 7) is 0. The molecule has 3 N–H and O–H groups in total. The van der Waals surface area contributed by atoms with E-state index in [1.54, 1.807) is 12.1 Å². The molecule has 0 fully saturated rings. The predicted octanol–water partition coefficient (Wildman–Crippen LogP) is 7.19. The summed E-state index contributed by atoms with van der Waals surface area (Å²) in [6.07, 6.45) is 0. The standard InChI is InChI=1S/C28H18O4/c29-20-13-7-12-18-14-15-19-24-22(16-8-3-1-4-9-16)25(30)26(31)23(17-10-5-2-6-11-17)28(24)32-27(19)21(18)20/h1-15,29-31H. The average Bonchev–Trinajstić information content (AvgIpc) is 3.20. The molecule has 4 heteroatoms. The van der Waals surface area contributed by atoms with Crippen LogP contribution in [0, 0.1) is 0 Å². The fraction of sp³-hybridized carbons (Fsp3) is 0. The quantitative estimate of drug-likeness (QED) is 0.260. The molecule has 4 nitrogen and oxygen atoms in total. The molecule has 0 saturated carbocycles. The van der Waals surface area contributed by atoms with E-state index >= 15 is 0 Å². The third-order valence-corrected chi connectivity index (χ3v) is 5.98. The number of benzene rings is 5. The van der Waals surface area contributed by atoms with Crippen LogP contribution in [0.25, 0.3) is 55.0 Å². The van der Waals surface area contributed by atoms with E-state index in [4.69, 9.17) is 4.42 Å². The van der Waals surface area contributed by atoms with Gasteiger partial charge in [0.1, 0.15) is 16.9 Å². The molecular formula is C28H18O4. The highest BCUT2D eigenvalue weighted by atomic mass is 16.3. The molecular weight excluding hydrogens is 400 g/mol. The van der Waals surface area contributed by atoms with Crippen LogP contribution in [0.5, 0.6) is 17.2 Å². The maximum absolute atomic E-state index is 11.2. The molecule has 0 bridgehead atoms. The van der Waals surface area contributed by atoms with Crippen molar-refractivity contribution in [1.29, 1.82) is 0 Å². The molecule has 0 saturated heterocycles. The fourth-order valence-corrected chi connectivity index (χ4v) is 4.55. The number of hydrogen-bond donors (Lipinski definition) is 3. The van der Waals surface area contributed by atoms with Crippen molar-refractivity contribution < 1.29 is 19.7 Å². The summed E-state index contributed by atoms with van der Waals surface area (Å²) in [6, 6.07) is 27.9. The van der Waals surface area contributed by atoms with Crippen LogP contribution < -0.4 is 0 Å². The largest absolute Gasteiger partial charge is 0.507 e. The Morgan fingerprint density at radius 2 is 1.12 bits per heavy atom. The lowest BCUT2D eigenvalue weighted by Crippen LogP contribution is -1.87. The van der Waals surface area contributed by atoms with Gasteiger partial charge in [-0.25, -0.2) is 0 Å². The van der Waals surface area contributed by atoms with Crippen molar-refractivity contribution in [1.82, 2.24) is 0 Å². The van der Waals surface area contributed by atoms with Crippen LogP contribution in [0.15, 0.2) is 95.4 Å². The normalized spacial score (nSPS) is 11.5. The molecule has 6 aromatic rings. The molecule has 0 aliphatic rings. The first kappa shape index (κ1) is 18.3. The summed E-state index contributed by atoms with van der Waals surface area (Å²) in [7, 11) is 0. The number of rotatable bonds is 2. The van der Waals surface area contributed by atoms with Gasteiger partial charge < -0.3 is 19.7 Å². The second kappa shape index (κ2) is 6.79. The number of phenolic OH excluding ortho intramolecular Hbond substituents is 3. The summed E-state index contributed by atoms with van der Waals surface area (Å²) in [5.74, 6) is -0.333. The Morgan fingerprint density at radius 1 is 0.500 bits per heavy atom. The first-order valence-corrected chi connectivity index (χ1v) is 10.3. The van der Waals surface area contributed by atoms with E-state index in [9.17, 15) is 15.3 Å². The molecule has 0 unspecified atom stereocenters. The first-order valence-electron chi connectivity index (χ1n) is 10.3. The molecule has 0 aliphatic heterocycles. The number of phenols is 3. The number of fused-ring (bicyclic) bond motifs is 5. The molecule has 0 amide bonds. The Kier molecular flexibility index (Phi) is 3.89. The Hall–Kier alpha value is -4.44. The zero-order valence-corrected chi connectivity index (χ0v) is 16.9. The van der Waals surface area contributed by atoms with Gasteiger partial charge in [0, 0.05) is 16.3 Å². The molecule has 1 heterocycles. The van der Waals surface area contributed by atoms with Crippen LogP contribution in [0.2, 0.25) is 0 Å². The van der Waals surface area contributed by atoms with Gasteiger partial charge in [-0.15, -0.1) is 0 Å². The Bertz CT molecular complexity index is 1630. The van der Waals surface area contributed by atoms with Gasteiger partial charge in [-0.1, -0.05) is 78.9 Å². The van der Waals surface area contributed by atoms with Crippen molar-refractivity contribution in [3.8, 4) is 39.5 Å².